The van der Waals surface area contributed by atoms with Crippen molar-refractivity contribution >= 4 is 22.7 Å². The van der Waals surface area contributed by atoms with E-state index in [-0.39, 0.29) is 47.6 Å². The minimum Gasteiger partial charge on any atom is -0.548 e. The van der Waals surface area contributed by atoms with Gasteiger partial charge in [-0.1, -0.05) is 71.1 Å². The maximum absolute atomic E-state index is 11.8. The van der Waals surface area contributed by atoms with Crippen LogP contribution in [-0.2, 0) is 20.4 Å². The number of carbonyl (C=O) groups excluding carboxylic acids is 2. The molecule has 0 bridgehead atoms. The number of carbonyl (C=O) groups is 2. The molecule has 0 rings (SSSR count). The normalized spacial score (nSPS) is 12.8. The molecule has 0 aliphatic heterocycles. The SMILES string of the molecule is CCCCCCCCCCCCCC(=O)N[C@@H](CCS(C)=O)C(=O)[O-].[Na+]. The van der Waals surface area contributed by atoms with Gasteiger partial charge in [0.2, 0.25) is 5.91 Å². The van der Waals surface area contributed by atoms with Gasteiger partial charge >= 0.3 is 29.6 Å². The van der Waals surface area contributed by atoms with Crippen molar-refractivity contribution in [2.24, 2.45) is 0 Å². The summed E-state index contributed by atoms with van der Waals surface area (Å²) in [6.07, 6.45) is 15.3. The van der Waals surface area contributed by atoms with Crippen molar-refractivity contribution in [1.29, 1.82) is 0 Å². The first kappa shape index (κ1) is 28.3. The fourth-order valence-corrected chi connectivity index (χ4v) is 3.32. The number of amides is 1. The molecule has 148 valence electrons. The Morgan fingerprint density at radius 3 is 1.81 bits per heavy atom. The molecule has 0 fully saturated rings. The van der Waals surface area contributed by atoms with Gasteiger partial charge in [-0.3, -0.25) is 9.00 Å². The van der Waals surface area contributed by atoms with Gasteiger partial charge in [0.15, 0.2) is 0 Å². The van der Waals surface area contributed by atoms with E-state index in [1.807, 2.05) is 0 Å². The molecule has 5 nitrogen and oxygen atoms in total. The van der Waals surface area contributed by atoms with Gasteiger partial charge in [0.05, 0.1) is 12.0 Å². The molecule has 0 saturated carbocycles. The summed E-state index contributed by atoms with van der Waals surface area (Å²) in [6.45, 7) is 2.23. The molecular formula is C19H36NNaO4S. The largest absolute Gasteiger partial charge is 1.00 e. The van der Waals surface area contributed by atoms with Crippen LogP contribution in [0.4, 0.5) is 0 Å². The van der Waals surface area contributed by atoms with Crippen molar-refractivity contribution in [3.05, 3.63) is 0 Å². The van der Waals surface area contributed by atoms with E-state index in [1.165, 1.54) is 57.6 Å². The molecular weight excluding hydrogens is 361 g/mol. The number of carboxylic acid groups (broad SMARTS) is 1. The number of unbranched alkanes of at least 4 members (excludes halogenated alkanes) is 10. The van der Waals surface area contributed by atoms with Crippen molar-refractivity contribution < 1.29 is 48.5 Å². The smallest absolute Gasteiger partial charge is 0.548 e. The molecule has 0 heterocycles. The van der Waals surface area contributed by atoms with Gasteiger partial charge in [0, 0.05) is 29.2 Å². The molecule has 0 saturated heterocycles. The van der Waals surface area contributed by atoms with Gasteiger partial charge in [0.1, 0.15) is 0 Å². The molecule has 0 radical (unpaired) electrons. The summed E-state index contributed by atoms with van der Waals surface area (Å²) < 4.78 is 11.0. The Bertz CT molecular complexity index is 394. The average molecular weight is 398 g/mol. The zero-order valence-electron chi connectivity index (χ0n) is 17.0. The number of rotatable bonds is 17. The zero-order chi connectivity index (χ0) is 18.9. The minimum atomic E-state index is -1.31. The first-order chi connectivity index (χ1) is 12.0. The predicted octanol–water partition coefficient (Wildman–Crippen LogP) is -0.305. The minimum absolute atomic E-state index is 0. The molecule has 0 aromatic carbocycles. The fraction of sp³-hybridized carbons (Fsp3) is 0.895. The van der Waals surface area contributed by atoms with E-state index < -0.39 is 22.8 Å². The summed E-state index contributed by atoms with van der Waals surface area (Å²) in [5.74, 6) is -1.32. The van der Waals surface area contributed by atoms with Crippen LogP contribution in [0.25, 0.3) is 0 Å². The van der Waals surface area contributed by atoms with Crippen LogP contribution in [0.1, 0.15) is 90.4 Å². The van der Waals surface area contributed by atoms with Crippen molar-refractivity contribution in [2.45, 2.75) is 96.4 Å². The average Bonchev–Trinajstić information content (AvgIpc) is 2.56. The summed E-state index contributed by atoms with van der Waals surface area (Å²) in [5, 5.41) is 13.5. The zero-order valence-corrected chi connectivity index (χ0v) is 19.8. The van der Waals surface area contributed by atoms with E-state index in [0.29, 0.717) is 6.42 Å². The molecule has 0 aliphatic carbocycles. The van der Waals surface area contributed by atoms with Gasteiger partial charge in [-0.25, -0.2) is 0 Å². The Morgan fingerprint density at radius 1 is 0.923 bits per heavy atom. The third kappa shape index (κ3) is 18.9. The van der Waals surface area contributed by atoms with Crippen LogP contribution in [0.2, 0.25) is 0 Å². The predicted molar refractivity (Wildman–Crippen MR) is 102 cm³/mol. The summed E-state index contributed by atoms with van der Waals surface area (Å²) in [5.41, 5.74) is 0. The Morgan fingerprint density at radius 2 is 1.38 bits per heavy atom. The molecule has 1 amide bonds. The van der Waals surface area contributed by atoms with Crippen molar-refractivity contribution in [3.63, 3.8) is 0 Å². The third-order valence-corrected chi connectivity index (χ3v) is 5.13. The first-order valence-corrected chi connectivity index (χ1v) is 11.5. The molecule has 7 heteroatoms. The van der Waals surface area contributed by atoms with E-state index in [0.717, 1.165) is 19.3 Å². The van der Waals surface area contributed by atoms with Crippen LogP contribution in [0.5, 0.6) is 0 Å². The van der Waals surface area contributed by atoms with E-state index in [2.05, 4.69) is 12.2 Å². The van der Waals surface area contributed by atoms with E-state index in [1.54, 1.807) is 0 Å². The summed E-state index contributed by atoms with van der Waals surface area (Å²) in [4.78, 5) is 22.8. The molecule has 0 aromatic heterocycles. The number of hydrogen-bond donors (Lipinski definition) is 1. The Kier molecular flexibility index (Phi) is 21.6. The second kappa shape index (κ2) is 19.8. The topological polar surface area (TPSA) is 86.3 Å². The van der Waals surface area contributed by atoms with Crippen LogP contribution in [-0.4, -0.2) is 34.1 Å². The van der Waals surface area contributed by atoms with Gasteiger partial charge in [-0.05, 0) is 12.8 Å². The van der Waals surface area contributed by atoms with Crippen LogP contribution in [0, 0.1) is 0 Å². The molecule has 2 atom stereocenters. The van der Waals surface area contributed by atoms with Gasteiger partial charge < -0.3 is 15.2 Å². The molecule has 1 unspecified atom stereocenters. The van der Waals surface area contributed by atoms with Crippen molar-refractivity contribution in [2.75, 3.05) is 12.0 Å². The monoisotopic (exact) mass is 397 g/mol. The Balaban J connectivity index is 0. The molecule has 0 spiro atoms. The molecule has 0 aliphatic rings. The Labute approximate surface area is 184 Å². The van der Waals surface area contributed by atoms with Crippen LogP contribution >= 0.6 is 0 Å². The van der Waals surface area contributed by atoms with E-state index in [4.69, 9.17) is 0 Å². The van der Waals surface area contributed by atoms with Crippen molar-refractivity contribution in [1.82, 2.24) is 5.32 Å². The second-order valence-electron chi connectivity index (χ2n) is 6.79. The molecule has 1 N–H and O–H groups in total. The number of aliphatic carboxylic acids is 1. The van der Waals surface area contributed by atoms with Gasteiger partial charge in [-0.15, -0.1) is 0 Å². The van der Waals surface area contributed by atoms with Crippen LogP contribution in [0.15, 0.2) is 0 Å². The summed E-state index contributed by atoms with van der Waals surface area (Å²) in [6, 6.07) is -1.04. The standard InChI is InChI=1S/C19H37NO4S.Na/c1-3-4-5-6-7-8-9-10-11-12-13-14-18(21)20-17(19(22)23)15-16-25(2)24;/h17H,3-16H2,1-2H3,(H,20,21)(H,22,23);/q;+1/p-1/t17-,25?;/m0./s1. The maximum Gasteiger partial charge on any atom is 1.00 e. The summed E-state index contributed by atoms with van der Waals surface area (Å²) >= 11 is 0. The van der Waals surface area contributed by atoms with Crippen LogP contribution < -0.4 is 40.0 Å². The second-order valence-corrected chi connectivity index (χ2v) is 8.35. The molecule has 26 heavy (non-hydrogen) atoms. The van der Waals surface area contributed by atoms with E-state index >= 15 is 0 Å². The fourth-order valence-electron chi connectivity index (χ4n) is 2.75. The van der Waals surface area contributed by atoms with E-state index in [9.17, 15) is 18.9 Å². The number of hydrogen-bond acceptors (Lipinski definition) is 4. The first-order valence-electron chi connectivity index (χ1n) is 9.77. The maximum atomic E-state index is 11.8. The number of nitrogens with one attached hydrogen (secondary N) is 1. The van der Waals surface area contributed by atoms with Gasteiger partial charge in [0.25, 0.3) is 0 Å². The third-order valence-electron chi connectivity index (χ3n) is 4.32. The Hall–Kier alpha value is 0.0900. The van der Waals surface area contributed by atoms with Gasteiger partial charge in [-0.2, -0.15) is 0 Å². The molecule has 0 aromatic rings. The number of carboxylic acids is 1. The van der Waals surface area contributed by atoms with Crippen molar-refractivity contribution in [3.8, 4) is 0 Å². The quantitative estimate of drug-likeness (QED) is 0.270. The summed E-state index contributed by atoms with van der Waals surface area (Å²) in [7, 11) is -1.07. The van der Waals surface area contributed by atoms with Crippen LogP contribution in [0.3, 0.4) is 0 Å².